The van der Waals surface area contributed by atoms with Crippen LogP contribution in [0.2, 0.25) is 0 Å². The van der Waals surface area contributed by atoms with Crippen LogP contribution in [0.1, 0.15) is 16.7 Å². The van der Waals surface area contributed by atoms with E-state index in [1.165, 1.54) is 20.7 Å². The van der Waals surface area contributed by atoms with E-state index in [2.05, 4.69) is 0 Å². The number of halogens is 1. The fraction of sp³-hybridized carbons (Fsp3) is 0.368. The maximum Gasteiger partial charge on any atom is 0.243 e. The van der Waals surface area contributed by atoms with Crippen LogP contribution in [0, 0.1) is 26.6 Å². The van der Waals surface area contributed by atoms with Gasteiger partial charge in [-0.1, -0.05) is 17.7 Å². The van der Waals surface area contributed by atoms with Gasteiger partial charge in [0.05, 0.1) is 9.79 Å². The van der Waals surface area contributed by atoms with Crippen LogP contribution in [0.5, 0.6) is 0 Å². The third kappa shape index (κ3) is 3.84. The number of hydrogen-bond acceptors (Lipinski definition) is 4. The molecule has 28 heavy (non-hydrogen) atoms. The standard InChI is InChI=1S/C19H23FN2O4S2/c1-14-12-15(2)19(16(3)13-14)28(25,26)22-10-8-21(9-11-22)27(23,24)18-6-4-17(20)5-7-18/h4-7,12-13H,8-11H2,1-3H3. The number of rotatable bonds is 4. The molecule has 1 fully saturated rings. The topological polar surface area (TPSA) is 74.8 Å². The number of nitrogens with zero attached hydrogens (tertiary/aromatic N) is 2. The lowest BCUT2D eigenvalue weighted by atomic mass is 10.1. The van der Waals surface area contributed by atoms with E-state index >= 15 is 0 Å². The van der Waals surface area contributed by atoms with Gasteiger partial charge in [0.1, 0.15) is 5.82 Å². The van der Waals surface area contributed by atoms with Crippen LogP contribution in [0.25, 0.3) is 0 Å². The van der Waals surface area contributed by atoms with Gasteiger partial charge in [0.15, 0.2) is 0 Å². The van der Waals surface area contributed by atoms with Crippen LogP contribution in [0.4, 0.5) is 4.39 Å². The fourth-order valence-electron chi connectivity index (χ4n) is 3.61. The van der Waals surface area contributed by atoms with E-state index in [1.54, 1.807) is 13.8 Å². The molecule has 1 saturated heterocycles. The van der Waals surface area contributed by atoms with Crippen LogP contribution in [-0.4, -0.2) is 51.6 Å². The molecule has 0 bridgehead atoms. The molecule has 0 aliphatic carbocycles. The lowest BCUT2D eigenvalue weighted by Gasteiger charge is -2.33. The maximum absolute atomic E-state index is 13.1. The van der Waals surface area contributed by atoms with Crippen molar-refractivity contribution in [3.63, 3.8) is 0 Å². The summed E-state index contributed by atoms with van der Waals surface area (Å²) in [5, 5.41) is 0. The second-order valence-corrected chi connectivity index (χ2v) is 10.8. The third-order valence-corrected chi connectivity index (χ3v) is 8.97. The Morgan fingerprint density at radius 1 is 0.750 bits per heavy atom. The van der Waals surface area contributed by atoms with Crippen molar-refractivity contribution in [3.05, 3.63) is 58.9 Å². The van der Waals surface area contributed by atoms with Gasteiger partial charge in [0, 0.05) is 26.2 Å². The molecule has 1 aliphatic heterocycles. The van der Waals surface area contributed by atoms with E-state index in [9.17, 15) is 21.2 Å². The predicted molar refractivity (Wildman–Crippen MR) is 105 cm³/mol. The van der Waals surface area contributed by atoms with Gasteiger partial charge < -0.3 is 0 Å². The normalized spacial score (nSPS) is 17.0. The zero-order valence-corrected chi connectivity index (χ0v) is 17.6. The smallest absolute Gasteiger partial charge is 0.207 e. The number of piperazine rings is 1. The second-order valence-electron chi connectivity index (χ2n) is 6.99. The summed E-state index contributed by atoms with van der Waals surface area (Å²) in [7, 11) is -7.51. The first-order valence-electron chi connectivity index (χ1n) is 8.87. The quantitative estimate of drug-likeness (QED) is 0.753. The zero-order chi connectivity index (χ0) is 20.7. The van der Waals surface area contributed by atoms with Crippen molar-refractivity contribution in [2.24, 2.45) is 0 Å². The van der Waals surface area contributed by atoms with Gasteiger partial charge in [-0.3, -0.25) is 0 Å². The Hall–Kier alpha value is -1.81. The summed E-state index contributed by atoms with van der Waals surface area (Å²) in [6.07, 6.45) is 0. The van der Waals surface area contributed by atoms with E-state index in [4.69, 9.17) is 0 Å². The van der Waals surface area contributed by atoms with Gasteiger partial charge >= 0.3 is 0 Å². The molecular weight excluding hydrogens is 403 g/mol. The number of sulfonamides is 2. The molecule has 0 spiro atoms. The van der Waals surface area contributed by atoms with Gasteiger partial charge in [0.2, 0.25) is 20.0 Å². The summed E-state index contributed by atoms with van der Waals surface area (Å²) in [4.78, 5) is 0.281. The highest BCUT2D eigenvalue weighted by Crippen LogP contribution is 2.27. The first-order chi connectivity index (χ1) is 13.0. The average Bonchev–Trinajstić information content (AvgIpc) is 2.61. The van der Waals surface area contributed by atoms with Gasteiger partial charge in [-0.15, -0.1) is 0 Å². The number of hydrogen-bond donors (Lipinski definition) is 0. The molecule has 2 aromatic rings. The molecule has 2 aromatic carbocycles. The van der Waals surface area contributed by atoms with E-state index < -0.39 is 25.9 Å². The van der Waals surface area contributed by atoms with Crippen molar-refractivity contribution in [3.8, 4) is 0 Å². The Kier molecular flexibility index (Phi) is 5.64. The first kappa shape index (κ1) is 20.9. The highest BCUT2D eigenvalue weighted by Gasteiger charge is 2.35. The summed E-state index contributed by atoms with van der Waals surface area (Å²) < 4.78 is 67.3. The highest BCUT2D eigenvalue weighted by molar-refractivity contribution is 7.89. The van der Waals surface area contributed by atoms with Crippen molar-refractivity contribution >= 4 is 20.0 Å². The molecule has 1 heterocycles. The lowest BCUT2D eigenvalue weighted by Crippen LogP contribution is -2.50. The molecule has 0 amide bonds. The van der Waals surface area contributed by atoms with Crippen LogP contribution in [0.15, 0.2) is 46.2 Å². The average molecular weight is 427 g/mol. The SMILES string of the molecule is Cc1cc(C)c(S(=O)(=O)N2CCN(S(=O)(=O)c3ccc(F)cc3)CC2)c(C)c1. The Balaban J connectivity index is 1.81. The Bertz CT molecular complexity index is 1070. The maximum atomic E-state index is 13.1. The van der Waals surface area contributed by atoms with Gasteiger partial charge in [-0.05, 0) is 56.2 Å². The molecule has 9 heteroatoms. The summed E-state index contributed by atoms with van der Waals surface area (Å²) in [5.41, 5.74) is 2.35. The summed E-state index contributed by atoms with van der Waals surface area (Å²) in [6.45, 7) is 5.66. The monoisotopic (exact) mass is 426 g/mol. The molecule has 0 saturated carbocycles. The van der Waals surface area contributed by atoms with Crippen LogP contribution in [0.3, 0.4) is 0 Å². The molecule has 0 unspecified atom stereocenters. The molecule has 3 rings (SSSR count). The first-order valence-corrected chi connectivity index (χ1v) is 11.8. The van der Waals surface area contributed by atoms with Crippen molar-refractivity contribution in [2.45, 2.75) is 30.6 Å². The van der Waals surface area contributed by atoms with Crippen LogP contribution >= 0.6 is 0 Å². The number of aryl methyl sites for hydroxylation is 3. The molecule has 0 N–H and O–H groups in total. The van der Waals surface area contributed by atoms with E-state index in [0.29, 0.717) is 11.1 Å². The lowest BCUT2D eigenvalue weighted by molar-refractivity contribution is 0.272. The molecule has 0 aromatic heterocycles. The minimum Gasteiger partial charge on any atom is -0.207 e. The Labute approximate surface area is 165 Å². The van der Waals surface area contributed by atoms with E-state index in [-0.39, 0.29) is 36.0 Å². The molecule has 152 valence electrons. The van der Waals surface area contributed by atoms with Gasteiger partial charge in [-0.25, -0.2) is 21.2 Å². The zero-order valence-electron chi connectivity index (χ0n) is 16.0. The molecule has 1 aliphatic rings. The fourth-order valence-corrected chi connectivity index (χ4v) is 6.86. The van der Waals surface area contributed by atoms with E-state index in [1.807, 2.05) is 19.1 Å². The summed E-state index contributed by atoms with van der Waals surface area (Å²) >= 11 is 0. The minimum absolute atomic E-state index is 0.00423. The summed E-state index contributed by atoms with van der Waals surface area (Å²) in [6, 6.07) is 8.27. The second kappa shape index (κ2) is 7.55. The largest absolute Gasteiger partial charge is 0.243 e. The number of benzene rings is 2. The van der Waals surface area contributed by atoms with Crippen molar-refractivity contribution < 1.29 is 21.2 Å². The predicted octanol–water partition coefficient (Wildman–Crippen LogP) is 2.45. The summed E-state index contributed by atoms with van der Waals surface area (Å²) in [5.74, 6) is -0.515. The van der Waals surface area contributed by atoms with Gasteiger partial charge in [-0.2, -0.15) is 8.61 Å². The molecule has 0 atom stereocenters. The Morgan fingerprint density at radius 3 is 1.64 bits per heavy atom. The van der Waals surface area contributed by atoms with E-state index in [0.717, 1.165) is 17.7 Å². The van der Waals surface area contributed by atoms with Crippen molar-refractivity contribution in [1.29, 1.82) is 0 Å². The highest BCUT2D eigenvalue weighted by atomic mass is 32.2. The third-order valence-electron chi connectivity index (χ3n) is 4.85. The van der Waals surface area contributed by atoms with Crippen LogP contribution in [-0.2, 0) is 20.0 Å². The van der Waals surface area contributed by atoms with Crippen molar-refractivity contribution in [1.82, 2.24) is 8.61 Å². The molecular formula is C19H23FN2O4S2. The molecule has 6 nitrogen and oxygen atoms in total. The minimum atomic E-state index is -3.79. The molecule has 0 radical (unpaired) electrons. The van der Waals surface area contributed by atoms with Crippen molar-refractivity contribution in [2.75, 3.05) is 26.2 Å². The van der Waals surface area contributed by atoms with Gasteiger partial charge in [0.25, 0.3) is 0 Å². The van der Waals surface area contributed by atoms with Crippen LogP contribution < -0.4 is 0 Å². The Morgan fingerprint density at radius 2 is 1.18 bits per heavy atom.